The third kappa shape index (κ3) is 6.76. The van der Waals surface area contributed by atoms with Gasteiger partial charge in [0.2, 0.25) is 5.91 Å². The van der Waals surface area contributed by atoms with Crippen LogP contribution in [0.15, 0.2) is 59.2 Å². The Kier molecular flexibility index (Phi) is 8.52. The fraction of sp³-hybridized carbons (Fsp3) is 0.185. The number of carbonyl (C=O) groups is 2. The van der Waals surface area contributed by atoms with Crippen LogP contribution < -0.4 is 11.1 Å². The molecular formula is C27H20BrF6N5O2. The smallest absolute Gasteiger partial charge is 0.366 e. The fourth-order valence-electron chi connectivity index (χ4n) is 4.24. The summed E-state index contributed by atoms with van der Waals surface area (Å²) in [6.07, 6.45) is -3.58. The molecule has 0 aliphatic carbocycles. The molecule has 2 aromatic carbocycles. The van der Waals surface area contributed by atoms with Crippen LogP contribution in [0, 0.1) is 24.4 Å². The summed E-state index contributed by atoms with van der Waals surface area (Å²) in [6.45, 7) is 0.716. The number of rotatable bonds is 8. The van der Waals surface area contributed by atoms with E-state index in [9.17, 15) is 35.9 Å². The SMILES string of the molecule is Cc1c(Br)c(C(F)(F)F)nn1CC(=O)N[C@@H](Cc1cc(F)cc(F)c1)c1ncccc1-c1ccc(F)c(C(N)=O)c1. The van der Waals surface area contributed by atoms with Crippen LogP contribution in [-0.4, -0.2) is 26.6 Å². The monoisotopic (exact) mass is 639 g/mol. The van der Waals surface area contributed by atoms with Crippen molar-refractivity contribution in [2.75, 3.05) is 0 Å². The molecular weight excluding hydrogens is 620 g/mol. The van der Waals surface area contributed by atoms with Crippen molar-refractivity contribution in [3.8, 4) is 11.1 Å². The van der Waals surface area contributed by atoms with Gasteiger partial charge in [-0.3, -0.25) is 19.3 Å². The molecule has 2 aromatic heterocycles. The lowest BCUT2D eigenvalue weighted by atomic mass is 9.94. The number of pyridine rings is 1. The van der Waals surface area contributed by atoms with Crippen LogP contribution in [0.5, 0.6) is 0 Å². The molecule has 14 heteroatoms. The van der Waals surface area contributed by atoms with E-state index in [0.717, 1.165) is 22.9 Å². The van der Waals surface area contributed by atoms with Crippen molar-refractivity contribution in [2.24, 2.45) is 5.73 Å². The highest BCUT2D eigenvalue weighted by atomic mass is 79.9. The lowest BCUT2D eigenvalue weighted by Crippen LogP contribution is -2.34. The van der Waals surface area contributed by atoms with Crippen LogP contribution in [0.1, 0.15) is 39.0 Å². The van der Waals surface area contributed by atoms with E-state index in [0.29, 0.717) is 17.2 Å². The number of primary amides is 1. The molecule has 1 atom stereocenters. The van der Waals surface area contributed by atoms with Crippen LogP contribution in [0.2, 0.25) is 0 Å². The first-order valence-electron chi connectivity index (χ1n) is 11.8. The molecule has 0 bridgehead atoms. The van der Waals surface area contributed by atoms with Gasteiger partial charge in [-0.2, -0.15) is 18.3 Å². The third-order valence-corrected chi connectivity index (χ3v) is 7.05. The summed E-state index contributed by atoms with van der Waals surface area (Å²) >= 11 is 2.85. The van der Waals surface area contributed by atoms with Gasteiger partial charge in [-0.15, -0.1) is 0 Å². The van der Waals surface area contributed by atoms with Crippen molar-refractivity contribution >= 4 is 27.7 Å². The van der Waals surface area contributed by atoms with Gasteiger partial charge in [0.1, 0.15) is 24.0 Å². The van der Waals surface area contributed by atoms with Crippen LogP contribution in [-0.2, 0) is 23.9 Å². The summed E-state index contributed by atoms with van der Waals surface area (Å²) in [5.74, 6) is -4.40. The first-order chi connectivity index (χ1) is 19.2. The lowest BCUT2D eigenvalue weighted by molar-refractivity contribution is -0.142. The Morgan fingerprint density at radius 3 is 2.37 bits per heavy atom. The topological polar surface area (TPSA) is 103 Å². The normalized spacial score (nSPS) is 12.3. The summed E-state index contributed by atoms with van der Waals surface area (Å²) in [7, 11) is 0. The summed E-state index contributed by atoms with van der Waals surface area (Å²) < 4.78 is 82.6. The molecule has 0 saturated heterocycles. The van der Waals surface area contributed by atoms with Gasteiger partial charge in [0.25, 0.3) is 5.91 Å². The highest BCUT2D eigenvalue weighted by Gasteiger charge is 2.38. The van der Waals surface area contributed by atoms with Crippen molar-refractivity contribution in [1.29, 1.82) is 0 Å². The minimum absolute atomic E-state index is 0.0417. The summed E-state index contributed by atoms with van der Waals surface area (Å²) in [6, 6.07) is 8.38. The molecule has 4 aromatic rings. The molecule has 0 aliphatic rings. The van der Waals surface area contributed by atoms with E-state index in [-0.39, 0.29) is 27.8 Å². The number of nitrogens with zero attached hydrogens (tertiary/aromatic N) is 3. The average molecular weight is 640 g/mol. The Bertz CT molecular complexity index is 1620. The van der Waals surface area contributed by atoms with E-state index in [2.05, 4.69) is 31.3 Å². The molecule has 2 heterocycles. The van der Waals surface area contributed by atoms with E-state index in [1.54, 1.807) is 6.07 Å². The highest BCUT2D eigenvalue weighted by molar-refractivity contribution is 9.10. The van der Waals surface area contributed by atoms with Gasteiger partial charge < -0.3 is 11.1 Å². The van der Waals surface area contributed by atoms with E-state index < -0.39 is 59.3 Å². The van der Waals surface area contributed by atoms with Gasteiger partial charge >= 0.3 is 6.18 Å². The van der Waals surface area contributed by atoms with Gasteiger partial charge in [-0.25, -0.2) is 13.2 Å². The Morgan fingerprint density at radius 2 is 1.76 bits per heavy atom. The first-order valence-corrected chi connectivity index (χ1v) is 12.6. The van der Waals surface area contributed by atoms with Crippen LogP contribution >= 0.6 is 15.9 Å². The predicted molar refractivity (Wildman–Crippen MR) is 139 cm³/mol. The molecule has 0 spiro atoms. The predicted octanol–water partition coefficient (Wildman–Crippen LogP) is 5.65. The number of aromatic nitrogens is 3. The second-order valence-electron chi connectivity index (χ2n) is 9.00. The number of alkyl halides is 3. The van der Waals surface area contributed by atoms with E-state index in [1.807, 2.05) is 0 Å². The number of hydrogen-bond acceptors (Lipinski definition) is 4. The average Bonchev–Trinajstić information content (AvgIpc) is 3.16. The number of halogens is 7. The maximum Gasteiger partial charge on any atom is 0.436 e. The Morgan fingerprint density at radius 1 is 1.07 bits per heavy atom. The maximum atomic E-state index is 14.1. The van der Waals surface area contributed by atoms with Crippen LogP contribution in [0.25, 0.3) is 11.1 Å². The van der Waals surface area contributed by atoms with Gasteiger partial charge in [0.15, 0.2) is 5.69 Å². The molecule has 214 valence electrons. The maximum absolute atomic E-state index is 14.1. The molecule has 4 rings (SSSR count). The molecule has 41 heavy (non-hydrogen) atoms. The molecule has 0 aliphatic heterocycles. The molecule has 0 radical (unpaired) electrons. The van der Waals surface area contributed by atoms with Crippen molar-refractivity contribution in [3.05, 3.63) is 105 Å². The standard InChI is InChI=1S/C27H20BrF6N5O2/c1-13-23(28)25(27(32,33)34)38-39(13)12-22(40)37-21(9-14-7-16(29)11-17(30)8-14)24-18(3-2-6-36-24)15-4-5-20(31)19(10-15)26(35)41/h2-8,10-11,21H,9,12H2,1H3,(H2,35,41)(H,37,40)/t21-/m0/s1. The van der Waals surface area contributed by atoms with Gasteiger partial charge in [0, 0.05) is 17.8 Å². The Hall–Kier alpha value is -4.20. The molecule has 0 saturated carbocycles. The fourth-order valence-corrected chi connectivity index (χ4v) is 4.75. The number of nitrogens with one attached hydrogen (secondary N) is 1. The van der Waals surface area contributed by atoms with Gasteiger partial charge in [0.05, 0.1) is 27.5 Å². The minimum Gasteiger partial charge on any atom is -0.366 e. The van der Waals surface area contributed by atoms with Crippen LogP contribution in [0.3, 0.4) is 0 Å². The zero-order valence-corrected chi connectivity index (χ0v) is 22.7. The second kappa shape index (κ2) is 11.7. The van der Waals surface area contributed by atoms with Crippen molar-refractivity contribution in [2.45, 2.75) is 32.1 Å². The van der Waals surface area contributed by atoms with E-state index in [1.165, 1.54) is 31.3 Å². The summed E-state index contributed by atoms with van der Waals surface area (Å²) in [4.78, 5) is 29.2. The van der Waals surface area contributed by atoms with Crippen LogP contribution in [0.4, 0.5) is 26.3 Å². The van der Waals surface area contributed by atoms with Gasteiger partial charge in [-0.1, -0.05) is 12.1 Å². The minimum atomic E-state index is -4.77. The summed E-state index contributed by atoms with van der Waals surface area (Å²) in [5.41, 5.74) is 4.65. The van der Waals surface area contributed by atoms with Crippen molar-refractivity contribution < 1.29 is 35.9 Å². The van der Waals surface area contributed by atoms with Crippen molar-refractivity contribution in [3.63, 3.8) is 0 Å². The molecule has 3 N–H and O–H groups in total. The quantitative estimate of drug-likeness (QED) is 0.243. The number of hydrogen-bond donors (Lipinski definition) is 2. The molecule has 0 fully saturated rings. The number of nitrogens with two attached hydrogens (primary N) is 1. The first kappa shape index (κ1) is 29.8. The zero-order valence-electron chi connectivity index (χ0n) is 21.1. The number of benzene rings is 2. The zero-order chi connectivity index (χ0) is 30.1. The Labute approximate surface area is 237 Å². The third-order valence-electron chi connectivity index (χ3n) is 6.10. The van der Waals surface area contributed by atoms with Crippen molar-refractivity contribution in [1.82, 2.24) is 20.1 Å². The Balaban J connectivity index is 1.74. The second-order valence-corrected chi connectivity index (χ2v) is 9.79. The van der Waals surface area contributed by atoms with Gasteiger partial charge in [-0.05, 0) is 70.7 Å². The van der Waals surface area contributed by atoms with E-state index in [4.69, 9.17) is 5.73 Å². The van der Waals surface area contributed by atoms with E-state index >= 15 is 0 Å². The summed E-state index contributed by atoms with van der Waals surface area (Å²) in [5, 5.41) is 6.15. The number of carbonyl (C=O) groups excluding carboxylic acids is 2. The largest absolute Gasteiger partial charge is 0.436 e. The molecule has 7 nitrogen and oxygen atoms in total. The molecule has 0 unspecified atom stereocenters. The highest BCUT2D eigenvalue weighted by Crippen LogP contribution is 2.35. The lowest BCUT2D eigenvalue weighted by Gasteiger charge is -2.22. The number of amides is 2. The molecule has 2 amide bonds.